The van der Waals surface area contributed by atoms with Crippen molar-refractivity contribution in [1.82, 2.24) is 5.32 Å². The van der Waals surface area contributed by atoms with Gasteiger partial charge in [0, 0.05) is 17.6 Å². The molecule has 2 amide bonds. The Morgan fingerprint density at radius 3 is 2.11 bits per heavy atom. The van der Waals surface area contributed by atoms with Crippen molar-refractivity contribution in [3.63, 3.8) is 0 Å². The van der Waals surface area contributed by atoms with Crippen LogP contribution in [0.2, 0.25) is 0 Å². The van der Waals surface area contributed by atoms with Gasteiger partial charge in [-0.15, -0.1) is 0 Å². The van der Waals surface area contributed by atoms with E-state index in [2.05, 4.69) is 43.5 Å². The third-order valence-electron chi connectivity index (χ3n) is 4.77. The van der Waals surface area contributed by atoms with Gasteiger partial charge in [-0.3, -0.25) is 0 Å². The maximum atomic E-state index is 12.4. The summed E-state index contributed by atoms with van der Waals surface area (Å²) in [6, 6.07) is 9.75. The number of ether oxygens (including phenoxy) is 2. The van der Waals surface area contributed by atoms with Crippen LogP contribution in [0.1, 0.15) is 36.1 Å². The molecular weight excluding hydrogens is 340 g/mol. The van der Waals surface area contributed by atoms with Gasteiger partial charge in [-0.25, -0.2) is 4.79 Å². The molecule has 0 atom stereocenters. The van der Waals surface area contributed by atoms with Crippen molar-refractivity contribution in [2.45, 2.75) is 40.0 Å². The lowest BCUT2D eigenvalue weighted by molar-refractivity contribution is 0.249. The Labute approximate surface area is 162 Å². The van der Waals surface area contributed by atoms with Crippen molar-refractivity contribution < 1.29 is 14.3 Å². The molecule has 146 valence electrons. The zero-order valence-electron chi connectivity index (χ0n) is 17.3. The number of carbonyl (C=O) groups excluding carboxylic acids is 1. The molecule has 0 saturated carbocycles. The molecule has 0 unspecified atom stereocenters. The van der Waals surface area contributed by atoms with E-state index >= 15 is 0 Å². The molecule has 0 radical (unpaired) electrons. The standard InChI is InChI=1S/C22H30N2O3/c1-14-10-15(2)20(16(3)11-14)24-21(25)23-13-22(4,5)17-8-9-18(26-6)19(12-17)27-7/h8-12H,13H2,1-7H3,(H2,23,24,25). The summed E-state index contributed by atoms with van der Waals surface area (Å²) in [4.78, 5) is 12.4. The maximum Gasteiger partial charge on any atom is 0.319 e. The molecule has 5 nitrogen and oxygen atoms in total. The molecule has 0 spiro atoms. The number of hydrogen-bond donors (Lipinski definition) is 2. The molecule has 2 aromatic rings. The van der Waals surface area contributed by atoms with Crippen molar-refractivity contribution in [1.29, 1.82) is 0 Å². The van der Waals surface area contributed by atoms with Gasteiger partial charge in [-0.2, -0.15) is 0 Å². The van der Waals surface area contributed by atoms with Crippen LogP contribution in [0.4, 0.5) is 10.5 Å². The summed E-state index contributed by atoms with van der Waals surface area (Å²) in [5, 5.41) is 5.96. The van der Waals surface area contributed by atoms with Gasteiger partial charge in [0.25, 0.3) is 0 Å². The van der Waals surface area contributed by atoms with Gasteiger partial charge < -0.3 is 20.1 Å². The molecule has 0 fully saturated rings. The van der Waals surface area contributed by atoms with Gasteiger partial charge in [-0.05, 0) is 49.6 Å². The van der Waals surface area contributed by atoms with Crippen molar-refractivity contribution in [2.75, 3.05) is 26.1 Å². The van der Waals surface area contributed by atoms with Crippen molar-refractivity contribution in [3.8, 4) is 11.5 Å². The van der Waals surface area contributed by atoms with E-state index in [0.29, 0.717) is 18.0 Å². The molecular formula is C22H30N2O3. The molecule has 2 N–H and O–H groups in total. The number of urea groups is 1. The number of amides is 2. The van der Waals surface area contributed by atoms with E-state index in [9.17, 15) is 4.79 Å². The zero-order valence-corrected chi connectivity index (χ0v) is 17.3. The Morgan fingerprint density at radius 2 is 1.56 bits per heavy atom. The first kappa shape index (κ1) is 20.6. The first-order valence-corrected chi connectivity index (χ1v) is 9.03. The molecule has 0 aliphatic rings. The Bertz CT molecular complexity index is 805. The zero-order chi connectivity index (χ0) is 20.2. The Morgan fingerprint density at radius 1 is 0.963 bits per heavy atom. The van der Waals surface area contributed by atoms with E-state index in [-0.39, 0.29) is 11.4 Å². The summed E-state index contributed by atoms with van der Waals surface area (Å²) in [6.45, 7) is 10.7. The highest BCUT2D eigenvalue weighted by atomic mass is 16.5. The summed E-state index contributed by atoms with van der Waals surface area (Å²) >= 11 is 0. The Hall–Kier alpha value is -2.69. The Kier molecular flexibility index (Phi) is 6.37. The number of benzene rings is 2. The van der Waals surface area contributed by atoms with Gasteiger partial charge >= 0.3 is 6.03 Å². The molecule has 0 bridgehead atoms. The van der Waals surface area contributed by atoms with Crippen LogP contribution in [0.15, 0.2) is 30.3 Å². The van der Waals surface area contributed by atoms with Gasteiger partial charge in [0.05, 0.1) is 14.2 Å². The average Bonchev–Trinajstić information content (AvgIpc) is 2.62. The highest BCUT2D eigenvalue weighted by Gasteiger charge is 2.23. The van der Waals surface area contributed by atoms with E-state index < -0.39 is 0 Å². The highest BCUT2D eigenvalue weighted by molar-refractivity contribution is 5.91. The normalized spacial score (nSPS) is 11.1. The fourth-order valence-corrected chi connectivity index (χ4v) is 3.20. The lowest BCUT2D eigenvalue weighted by atomic mass is 9.84. The first-order valence-electron chi connectivity index (χ1n) is 9.03. The fourth-order valence-electron chi connectivity index (χ4n) is 3.20. The Balaban J connectivity index is 2.08. The lowest BCUT2D eigenvalue weighted by Gasteiger charge is -2.27. The van der Waals surface area contributed by atoms with Crippen LogP contribution in [-0.2, 0) is 5.41 Å². The van der Waals surface area contributed by atoms with Crippen LogP contribution in [0.5, 0.6) is 11.5 Å². The SMILES string of the molecule is COc1ccc(C(C)(C)CNC(=O)Nc2c(C)cc(C)cc2C)cc1OC. The van der Waals surface area contributed by atoms with Gasteiger partial charge in [-0.1, -0.05) is 37.6 Å². The number of aryl methyl sites for hydroxylation is 3. The first-order chi connectivity index (χ1) is 12.7. The van der Waals surface area contributed by atoms with Crippen molar-refractivity contribution >= 4 is 11.7 Å². The number of nitrogens with one attached hydrogen (secondary N) is 2. The maximum absolute atomic E-state index is 12.4. The average molecular weight is 370 g/mol. The summed E-state index contributed by atoms with van der Waals surface area (Å²) in [5.41, 5.74) is 4.95. The minimum Gasteiger partial charge on any atom is -0.493 e. The van der Waals surface area contributed by atoms with Crippen molar-refractivity contribution in [3.05, 3.63) is 52.6 Å². The van der Waals surface area contributed by atoms with Crippen LogP contribution in [0, 0.1) is 20.8 Å². The van der Waals surface area contributed by atoms with E-state index in [4.69, 9.17) is 9.47 Å². The molecule has 5 heteroatoms. The summed E-state index contributed by atoms with van der Waals surface area (Å²) in [6.07, 6.45) is 0. The fraction of sp³-hybridized carbons (Fsp3) is 0.409. The quantitative estimate of drug-likeness (QED) is 0.773. The van der Waals surface area contributed by atoms with Crippen LogP contribution in [0.3, 0.4) is 0 Å². The third-order valence-corrected chi connectivity index (χ3v) is 4.77. The number of hydrogen-bond acceptors (Lipinski definition) is 3. The van der Waals surface area contributed by atoms with Gasteiger partial charge in [0.15, 0.2) is 11.5 Å². The predicted octanol–water partition coefficient (Wildman–Crippen LogP) is 4.73. The van der Waals surface area contributed by atoms with Crippen LogP contribution in [0.25, 0.3) is 0 Å². The molecule has 2 rings (SSSR count). The largest absolute Gasteiger partial charge is 0.493 e. The number of methoxy groups -OCH3 is 2. The predicted molar refractivity (Wildman–Crippen MR) is 110 cm³/mol. The molecule has 0 aliphatic carbocycles. The van der Waals surface area contributed by atoms with Gasteiger partial charge in [0.1, 0.15) is 0 Å². The van der Waals surface area contributed by atoms with Crippen molar-refractivity contribution in [2.24, 2.45) is 0 Å². The number of carbonyl (C=O) groups is 1. The molecule has 2 aromatic carbocycles. The van der Waals surface area contributed by atoms with E-state index in [1.165, 1.54) is 5.56 Å². The minimum absolute atomic E-state index is 0.210. The van der Waals surface area contributed by atoms with E-state index in [1.807, 2.05) is 32.0 Å². The summed E-state index contributed by atoms with van der Waals surface area (Å²) in [7, 11) is 3.23. The molecule has 0 aliphatic heterocycles. The second kappa shape index (κ2) is 8.33. The summed E-state index contributed by atoms with van der Waals surface area (Å²) in [5.74, 6) is 1.37. The number of rotatable bonds is 6. The van der Waals surface area contributed by atoms with Gasteiger partial charge in [0.2, 0.25) is 0 Å². The number of anilines is 1. The van der Waals surface area contributed by atoms with E-state index in [1.54, 1.807) is 14.2 Å². The van der Waals surface area contributed by atoms with Crippen LogP contribution in [-0.4, -0.2) is 26.8 Å². The molecule has 0 saturated heterocycles. The molecule has 0 heterocycles. The monoisotopic (exact) mass is 370 g/mol. The summed E-state index contributed by atoms with van der Waals surface area (Å²) < 4.78 is 10.7. The van der Waals surface area contributed by atoms with E-state index in [0.717, 1.165) is 22.4 Å². The molecule has 27 heavy (non-hydrogen) atoms. The van der Waals surface area contributed by atoms with Crippen LogP contribution >= 0.6 is 0 Å². The lowest BCUT2D eigenvalue weighted by Crippen LogP contribution is -2.39. The third kappa shape index (κ3) is 4.94. The topological polar surface area (TPSA) is 59.6 Å². The van der Waals surface area contributed by atoms with Crippen LogP contribution < -0.4 is 20.1 Å². The molecule has 0 aromatic heterocycles. The minimum atomic E-state index is -0.270. The second-order valence-corrected chi connectivity index (χ2v) is 7.54. The second-order valence-electron chi connectivity index (χ2n) is 7.54. The smallest absolute Gasteiger partial charge is 0.319 e. The highest BCUT2D eigenvalue weighted by Crippen LogP contribution is 2.33.